The number of benzene rings is 2. The molecule has 0 amide bonds. The number of carbonyl (C=O) groups is 1. The van der Waals surface area contributed by atoms with E-state index in [0.29, 0.717) is 12.3 Å². The van der Waals surface area contributed by atoms with Gasteiger partial charge in [-0.05, 0) is 41.5 Å². The second-order valence-electron chi connectivity index (χ2n) is 8.85. The van der Waals surface area contributed by atoms with Crippen molar-refractivity contribution in [2.45, 2.75) is 26.9 Å². The van der Waals surface area contributed by atoms with Gasteiger partial charge >= 0.3 is 5.97 Å². The molecular formula is C27H33N5O2. The minimum absolute atomic E-state index is 0.182. The second-order valence-corrected chi connectivity index (χ2v) is 8.85. The first-order chi connectivity index (χ1) is 16.5. The van der Waals surface area contributed by atoms with Crippen LogP contribution in [0.15, 0.2) is 66.9 Å². The molecule has 2 aromatic carbocycles. The predicted molar refractivity (Wildman–Crippen MR) is 136 cm³/mol. The number of ether oxygens (including phenoxy) is 1. The van der Waals surface area contributed by atoms with Crippen molar-refractivity contribution in [3.63, 3.8) is 0 Å². The Morgan fingerprint density at radius 2 is 1.85 bits per heavy atom. The van der Waals surface area contributed by atoms with Crippen molar-refractivity contribution >= 4 is 23.2 Å². The average molecular weight is 460 g/mol. The number of esters is 1. The van der Waals surface area contributed by atoms with Gasteiger partial charge in [-0.2, -0.15) is 0 Å². The summed E-state index contributed by atoms with van der Waals surface area (Å²) < 4.78 is 5.59. The van der Waals surface area contributed by atoms with Crippen LogP contribution in [0.2, 0.25) is 0 Å². The van der Waals surface area contributed by atoms with Crippen LogP contribution in [-0.4, -0.2) is 42.0 Å². The van der Waals surface area contributed by atoms with Gasteiger partial charge in [-0.3, -0.25) is 9.69 Å². The third kappa shape index (κ3) is 5.92. The number of hydrogen-bond acceptors (Lipinski definition) is 7. The molecule has 1 aliphatic rings. The largest absolute Gasteiger partial charge is 0.422 e. The van der Waals surface area contributed by atoms with Gasteiger partial charge in [-0.25, -0.2) is 4.98 Å². The Balaban J connectivity index is 1.36. The van der Waals surface area contributed by atoms with Crippen LogP contribution < -0.4 is 20.7 Å². The smallest absolute Gasteiger partial charge is 0.313 e. The number of para-hydroxylation sites is 1. The number of aromatic nitrogens is 1. The second kappa shape index (κ2) is 11.1. The van der Waals surface area contributed by atoms with E-state index >= 15 is 0 Å². The molecule has 0 unspecified atom stereocenters. The van der Waals surface area contributed by atoms with Gasteiger partial charge in [0.2, 0.25) is 0 Å². The molecule has 0 aliphatic carbocycles. The van der Waals surface area contributed by atoms with Gasteiger partial charge in [0.05, 0.1) is 5.92 Å². The van der Waals surface area contributed by atoms with Gasteiger partial charge in [-0.15, -0.1) is 0 Å². The SMILES string of the molecule is CC(C)C(=O)Oc1cccnc1N1CCN(Cc2cccc(Nc3ccccc3CN)c2)CC1. The molecule has 34 heavy (non-hydrogen) atoms. The van der Waals surface area contributed by atoms with E-state index in [0.717, 1.165) is 55.5 Å². The summed E-state index contributed by atoms with van der Waals surface area (Å²) in [6, 6.07) is 20.3. The highest BCUT2D eigenvalue weighted by atomic mass is 16.5. The predicted octanol–water partition coefficient (Wildman–Crippen LogP) is 4.17. The van der Waals surface area contributed by atoms with E-state index in [1.54, 1.807) is 12.3 Å². The fraction of sp³-hybridized carbons (Fsp3) is 0.333. The Morgan fingerprint density at radius 3 is 2.62 bits per heavy atom. The summed E-state index contributed by atoms with van der Waals surface area (Å²) in [7, 11) is 0. The molecule has 0 saturated carbocycles. The molecule has 2 heterocycles. The molecule has 0 atom stereocenters. The van der Waals surface area contributed by atoms with E-state index in [-0.39, 0.29) is 11.9 Å². The number of carbonyl (C=O) groups excluding carboxylic acids is 1. The molecule has 1 aromatic heterocycles. The third-order valence-corrected chi connectivity index (χ3v) is 5.95. The Hall–Kier alpha value is -3.42. The summed E-state index contributed by atoms with van der Waals surface area (Å²) in [5.74, 6) is 0.849. The summed E-state index contributed by atoms with van der Waals surface area (Å²) in [6.45, 7) is 8.50. The third-order valence-electron chi connectivity index (χ3n) is 5.95. The van der Waals surface area contributed by atoms with Crippen LogP contribution in [-0.2, 0) is 17.9 Å². The maximum atomic E-state index is 12.1. The molecule has 0 bridgehead atoms. The lowest BCUT2D eigenvalue weighted by Gasteiger charge is -2.36. The van der Waals surface area contributed by atoms with Crippen molar-refractivity contribution in [3.05, 3.63) is 78.0 Å². The fourth-order valence-electron chi connectivity index (χ4n) is 4.02. The quantitative estimate of drug-likeness (QED) is 0.489. The fourth-order valence-corrected chi connectivity index (χ4v) is 4.02. The summed E-state index contributed by atoms with van der Waals surface area (Å²) in [6.07, 6.45) is 1.75. The summed E-state index contributed by atoms with van der Waals surface area (Å²) >= 11 is 0. The monoisotopic (exact) mass is 459 g/mol. The number of nitrogens with one attached hydrogen (secondary N) is 1. The van der Waals surface area contributed by atoms with E-state index in [9.17, 15) is 4.79 Å². The lowest BCUT2D eigenvalue weighted by molar-refractivity contribution is -0.137. The summed E-state index contributed by atoms with van der Waals surface area (Å²) in [5, 5.41) is 3.50. The van der Waals surface area contributed by atoms with Crippen molar-refractivity contribution < 1.29 is 9.53 Å². The molecular weight excluding hydrogens is 426 g/mol. The summed E-state index contributed by atoms with van der Waals surface area (Å²) in [4.78, 5) is 21.2. The van der Waals surface area contributed by atoms with Crippen LogP contribution >= 0.6 is 0 Å². The number of pyridine rings is 1. The van der Waals surface area contributed by atoms with Crippen molar-refractivity contribution in [1.29, 1.82) is 0 Å². The first kappa shape index (κ1) is 23.7. The van der Waals surface area contributed by atoms with Crippen LogP contribution in [0.4, 0.5) is 17.2 Å². The topological polar surface area (TPSA) is 83.7 Å². The van der Waals surface area contributed by atoms with Gasteiger partial charge < -0.3 is 20.7 Å². The molecule has 1 fully saturated rings. The standard InChI is InChI=1S/C27H33N5O2/c1-20(2)27(33)34-25-11-6-12-29-26(25)32-15-13-31(14-16-32)19-21-7-5-9-23(17-21)30-24-10-4-3-8-22(24)18-28/h3-12,17,20,30H,13-16,18-19,28H2,1-2H3. The zero-order valence-electron chi connectivity index (χ0n) is 19.9. The zero-order chi connectivity index (χ0) is 23.9. The van der Waals surface area contributed by atoms with E-state index in [1.807, 2.05) is 38.1 Å². The Labute approximate surface area is 201 Å². The van der Waals surface area contributed by atoms with Crippen LogP contribution in [0.25, 0.3) is 0 Å². The van der Waals surface area contributed by atoms with Crippen LogP contribution in [0, 0.1) is 5.92 Å². The highest BCUT2D eigenvalue weighted by Crippen LogP contribution is 2.27. The van der Waals surface area contributed by atoms with Gasteiger partial charge in [0, 0.05) is 56.8 Å². The van der Waals surface area contributed by atoms with Gasteiger partial charge in [0.25, 0.3) is 0 Å². The Bertz CT molecular complexity index is 1110. The van der Waals surface area contributed by atoms with Gasteiger partial charge in [-0.1, -0.05) is 44.2 Å². The van der Waals surface area contributed by atoms with E-state index < -0.39 is 0 Å². The van der Waals surface area contributed by atoms with Gasteiger partial charge in [0.15, 0.2) is 11.6 Å². The molecule has 7 nitrogen and oxygen atoms in total. The molecule has 3 N–H and O–H groups in total. The van der Waals surface area contributed by atoms with E-state index in [1.165, 1.54) is 5.56 Å². The lowest BCUT2D eigenvalue weighted by Crippen LogP contribution is -2.46. The minimum Gasteiger partial charge on any atom is -0.422 e. The van der Waals surface area contributed by atoms with Crippen molar-refractivity contribution in [2.75, 3.05) is 36.4 Å². The average Bonchev–Trinajstić information content (AvgIpc) is 2.85. The first-order valence-electron chi connectivity index (χ1n) is 11.8. The van der Waals surface area contributed by atoms with Crippen molar-refractivity contribution in [3.8, 4) is 5.75 Å². The maximum Gasteiger partial charge on any atom is 0.313 e. The molecule has 7 heteroatoms. The van der Waals surface area contributed by atoms with Crippen molar-refractivity contribution in [1.82, 2.24) is 9.88 Å². The van der Waals surface area contributed by atoms with Gasteiger partial charge in [0.1, 0.15) is 0 Å². The molecule has 0 spiro atoms. The van der Waals surface area contributed by atoms with Crippen LogP contribution in [0.1, 0.15) is 25.0 Å². The molecule has 4 rings (SSSR count). The number of piperazine rings is 1. The molecule has 0 radical (unpaired) electrons. The molecule has 178 valence electrons. The van der Waals surface area contributed by atoms with Crippen molar-refractivity contribution in [2.24, 2.45) is 11.7 Å². The summed E-state index contributed by atoms with van der Waals surface area (Å²) in [5.41, 5.74) is 10.3. The number of anilines is 3. The van der Waals surface area contributed by atoms with E-state index in [2.05, 4.69) is 50.4 Å². The van der Waals surface area contributed by atoms with Crippen LogP contribution in [0.5, 0.6) is 5.75 Å². The molecule has 1 aliphatic heterocycles. The van der Waals surface area contributed by atoms with E-state index in [4.69, 9.17) is 10.5 Å². The Morgan fingerprint density at radius 1 is 1.06 bits per heavy atom. The molecule has 1 saturated heterocycles. The first-order valence-corrected chi connectivity index (χ1v) is 11.8. The lowest BCUT2D eigenvalue weighted by atomic mass is 10.1. The number of nitrogens with zero attached hydrogens (tertiary/aromatic N) is 3. The maximum absolute atomic E-state index is 12.1. The van der Waals surface area contributed by atoms with Crippen LogP contribution in [0.3, 0.4) is 0 Å². The number of nitrogens with two attached hydrogens (primary N) is 1. The Kier molecular flexibility index (Phi) is 7.77. The minimum atomic E-state index is -0.240. The highest BCUT2D eigenvalue weighted by Gasteiger charge is 2.22. The number of hydrogen-bond donors (Lipinski definition) is 2. The number of rotatable bonds is 8. The normalized spacial score (nSPS) is 14.3. The zero-order valence-corrected chi connectivity index (χ0v) is 19.9. The highest BCUT2D eigenvalue weighted by molar-refractivity contribution is 5.76. The molecule has 3 aromatic rings.